The Labute approximate surface area is 101 Å². The van der Waals surface area contributed by atoms with Crippen LogP contribution in [0.25, 0.3) is 5.69 Å². The quantitative estimate of drug-likeness (QED) is 0.738. The molecule has 0 N–H and O–H groups in total. The molecule has 0 fully saturated rings. The van der Waals surface area contributed by atoms with Gasteiger partial charge in [-0.3, -0.25) is 0 Å². The van der Waals surface area contributed by atoms with Gasteiger partial charge < -0.3 is 0 Å². The Morgan fingerprint density at radius 1 is 1.28 bits per heavy atom. The van der Waals surface area contributed by atoms with Crippen molar-refractivity contribution in [3.8, 4) is 17.5 Å². The maximum absolute atomic E-state index is 13.5. The van der Waals surface area contributed by atoms with Crippen LogP contribution in [0, 0.1) is 23.5 Å². The molecule has 1 heterocycles. The average Bonchev–Trinajstić information content (AvgIpc) is 2.69. The maximum Gasteiger partial charge on any atom is 0.369 e. The third kappa shape index (κ3) is 2.00. The number of benzene rings is 1. The van der Waals surface area contributed by atoms with E-state index in [0.717, 1.165) is 16.8 Å². The topological polar surface area (TPSA) is 52.7 Å². The normalized spacial score (nSPS) is 9.94. The molecule has 1 aromatic carbocycles. The van der Waals surface area contributed by atoms with Gasteiger partial charge in [0.25, 0.3) is 0 Å². The molecule has 0 aliphatic rings. The van der Waals surface area contributed by atoms with Gasteiger partial charge in [0.05, 0.1) is 0 Å². The van der Waals surface area contributed by atoms with Crippen LogP contribution in [0.3, 0.4) is 0 Å². The number of para-hydroxylation sites is 1. The van der Waals surface area contributed by atoms with Crippen molar-refractivity contribution in [2.24, 2.45) is 0 Å². The SMILES string of the molecule is CC#CCn1nnn(-c2c(F)cccc2F)c1=O. The summed E-state index contributed by atoms with van der Waals surface area (Å²) >= 11 is 0. The molecule has 18 heavy (non-hydrogen) atoms. The third-order valence-corrected chi connectivity index (χ3v) is 2.19. The van der Waals surface area contributed by atoms with Crippen molar-refractivity contribution < 1.29 is 8.78 Å². The molecule has 0 atom stereocenters. The van der Waals surface area contributed by atoms with Crippen molar-refractivity contribution in [2.75, 3.05) is 0 Å². The van der Waals surface area contributed by atoms with Crippen LogP contribution in [0.1, 0.15) is 6.92 Å². The van der Waals surface area contributed by atoms with Crippen LogP contribution in [0.4, 0.5) is 8.78 Å². The molecule has 0 radical (unpaired) electrons. The fourth-order valence-corrected chi connectivity index (χ4v) is 1.36. The lowest BCUT2D eigenvalue weighted by Crippen LogP contribution is -2.25. The second kappa shape index (κ2) is 4.79. The zero-order valence-electron chi connectivity index (χ0n) is 9.39. The van der Waals surface area contributed by atoms with Gasteiger partial charge in [-0.05, 0) is 29.5 Å². The number of halogens is 2. The molecule has 1 aromatic heterocycles. The highest BCUT2D eigenvalue weighted by Gasteiger charge is 2.16. The molecule has 2 rings (SSSR count). The summed E-state index contributed by atoms with van der Waals surface area (Å²) < 4.78 is 28.4. The number of tetrazole rings is 1. The first-order chi connectivity index (χ1) is 8.65. The summed E-state index contributed by atoms with van der Waals surface area (Å²) in [7, 11) is 0. The Kier molecular flexibility index (Phi) is 3.19. The van der Waals surface area contributed by atoms with Gasteiger partial charge in [-0.1, -0.05) is 12.0 Å². The molecule has 0 saturated heterocycles. The predicted molar refractivity (Wildman–Crippen MR) is 59.0 cm³/mol. The molecule has 0 unspecified atom stereocenters. The Balaban J connectivity index is 2.55. The predicted octanol–water partition coefficient (Wildman–Crippen LogP) is 0.730. The minimum atomic E-state index is -0.884. The monoisotopic (exact) mass is 250 g/mol. The largest absolute Gasteiger partial charge is 0.369 e. The van der Waals surface area contributed by atoms with Crippen LogP contribution in [0.15, 0.2) is 23.0 Å². The van der Waals surface area contributed by atoms with Crippen molar-refractivity contribution in [2.45, 2.75) is 13.5 Å². The van der Waals surface area contributed by atoms with E-state index >= 15 is 0 Å². The standard InChI is InChI=1S/C11H8F2N4O/c1-2-3-7-16-11(18)17(15-14-16)10-8(12)5-4-6-9(10)13/h4-6H,7H2,1H3. The molecular weight excluding hydrogens is 242 g/mol. The Morgan fingerprint density at radius 3 is 2.56 bits per heavy atom. The summed E-state index contributed by atoms with van der Waals surface area (Å²) in [6, 6.07) is 3.28. The third-order valence-electron chi connectivity index (χ3n) is 2.19. The minimum absolute atomic E-state index is 0.0193. The van der Waals surface area contributed by atoms with Crippen LogP contribution >= 0.6 is 0 Å². The maximum atomic E-state index is 13.5. The van der Waals surface area contributed by atoms with E-state index in [1.807, 2.05) is 0 Å². The molecule has 0 saturated carbocycles. The van der Waals surface area contributed by atoms with Crippen LogP contribution in [-0.2, 0) is 6.54 Å². The van der Waals surface area contributed by atoms with Crippen LogP contribution < -0.4 is 5.69 Å². The second-order valence-corrected chi connectivity index (χ2v) is 3.33. The molecule has 0 aliphatic carbocycles. The van der Waals surface area contributed by atoms with E-state index < -0.39 is 23.0 Å². The van der Waals surface area contributed by atoms with Gasteiger partial charge in [0.15, 0.2) is 11.6 Å². The Bertz CT molecular complexity index is 673. The van der Waals surface area contributed by atoms with Gasteiger partial charge in [0.2, 0.25) is 0 Å². The van der Waals surface area contributed by atoms with Crippen molar-refractivity contribution in [1.29, 1.82) is 0 Å². The zero-order valence-corrected chi connectivity index (χ0v) is 9.39. The highest BCUT2D eigenvalue weighted by molar-refractivity contribution is 5.33. The lowest BCUT2D eigenvalue weighted by atomic mass is 10.3. The van der Waals surface area contributed by atoms with Crippen molar-refractivity contribution in [3.63, 3.8) is 0 Å². The molecule has 5 nitrogen and oxygen atoms in total. The molecule has 7 heteroatoms. The molecule has 0 amide bonds. The Hall–Kier alpha value is -2.49. The number of hydrogen-bond donors (Lipinski definition) is 0. The highest BCUT2D eigenvalue weighted by Crippen LogP contribution is 2.13. The summed E-state index contributed by atoms with van der Waals surface area (Å²) in [6.07, 6.45) is 0. The van der Waals surface area contributed by atoms with Crippen molar-refractivity contribution >= 4 is 0 Å². The lowest BCUT2D eigenvalue weighted by Gasteiger charge is -2.01. The average molecular weight is 250 g/mol. The van der Waals surface area contributed by atoms with Crippen LogP contribution in [-0.4, -0.2) is 19.8 Å². The summed E-state index contributed by atoms with van der Waals surface area (Å²) in [5.41, 5.74) is -1.29. The van der Waals surface area contributed by atoms with E-state index in [2.05, 4.69) is 22.3 Å². The lowest BCUT2D eigenvalue weighted by molar-refractivity contribution is 0.553. The molecular formula is C11H8F2N4O. The second-order valence-electron chi connectivity index (χ2n) is 3.33. The van der Waals surface area contributed by atoms with Gasteiger partial charge in [-0.15, -0.1) is 5.92 Å². The zero-order chi connectivity index (χ0) is 13.1. The summed E-state index contributed by atoms with van der Waals surface area (Å²) in [6.45, 7) is 1.62. The highest BCUT2D eigenvalue weighted by atomic mass is 19.1. The van der Waals surface area contributed by atoms with E-state index in [-0.39, 0.29) is 6.54 Å². The first kappa shape index (κ1) is 12.0. The molecule has 0 bridgehead atoms. The van der Waals surface area contributed by atoms with E-state index in [0.29, 0.717) is 4.68 Å². The summed E-state index contributed by atoms with van der Waals surface area (Å²) in [4.78, 5) is 11.8. The first-order valence-electron chi connectivity index (χ1n) is 5.02. The van der Waals surface area contributed by atoms with Gasteiger partial charge in [0, 0.05) is 0 Å². The Morgan fingerprint density at radius 2 is 1.94 bits per heavy atom. The molecule has 2 aromatic rings. The minimum Gasteiger partial charge on any atom is -0.244 e. The first-order valence-corrected chi connectivity index (χ1v) is 5.02. The molecule has 0 aliphatic heterocycles. The van der Waals surface area contributed by atoms with Crippen molar-refractivity contribution in [1.82, 2.24) is 19.8 Å². The fourth-order valence-electron chi connectivity index (χ4n) is 1.36. The van der Waals surface area contributed by atoms with E-state index in [9.17, 15) is 13.6 Å². The van der Waals surface area contributed by atoms with Gasteiger partial charge >= 0.3 is 5.69 Å². The van der Waals surface area contributed by atoms with Crippen LogP contribution in [0.2, 0.25) is 0 Å². The smallest absolute Gasteiger partial charge is 0.244 e. The molecule has 0 spiro atoms. The van der Waals surface area contributed by atoms with Gasteiger partial charge in [0.1, 0.15) is 12.2 Å². The number of nitrogens with zero attached hydrogens (tertiary/aromatic N) is 4. The molecule has 92 valence electrons. The van der Waals surface area contributed by atoms with E-state index in [4.69, 9.17) is 0 Å². The van der Waals surface area contributed by atoms with E-state index in [1.54, 1.807) is 6.92 Å². The fraction of sp³-hybridized carbons (Fsp3) is 0.182. The number of rotatable bonds is 2. The van der Waals surface area contributed by atoms with Crippen molar-refractivity contribution in [3.05, 3.63) is 40.3 Å². The van der Waals surface area contributed by atoms with Gasteiger partial charge in [-0.25, -0.2) is 13.6 Å². The van der Waals surface area contributed by atoms with Gasteiger partial charge in [-0.2, -0.15) is 9.36 Å². The summed E-state index contributed by atoms with van der Waals surface area (Å²) in [5.74, 6) is 3.42. The number of aromatic nitrogens is 4. The summed E-state index contributed by atoms with van der Waals surface area (Å²) in [5, 5.41) is 6.92. The number of hydrogen-bond acceptors (Lipinski definition) is 3. The van der Waals surface area contributed by atoms with E-state index in [1.165, 1.54) is 6.07 Å². The van der Waals surface area contributed by atoms with Crippen LogP contribution in [0.5, 0.6) is 0 Å².